The monoisotopic (exact) mass is 626 g/mol. The molecule has 0 aromatic rings. The summed E-state index contributed by atoms with van der Waals surface area (Å²) in [5, 5.41) is 1.50. The second-order valence-corrected chi connectivity index (χ2v) is 16.0. The zero-order valence-corrected chi connectivity index (χ0v) is 24.7. The molecule has 0 saturated heterocycles. The normalized spacial score (nSPS) is 13.9. The van der Waals surface area contributed by atoms with Gasteiger partial charge in [-0.05, 0) is 64.2 Å². The van der Waals surface area contributed by atoms with Gasteiger partial charge in [0.25, 0.3) is 0 Å². The van der Waals surface area contributed by atoms with Crippen LogP contribution in [0.1, 0.15) is 0 Å². The number of carbonyl (C=O) groups excluding carboxylic acids is 1. The van der Waals surface area contributed by atoms with Crippen LogP contribution in [0.3, 0.4) is 0 Å². The fourth-order valence-electron chi connectivity index (χ4n) is 0.642. The first-order chi connectivity index (χ1) is 11.6. The van der Waals surface area contributed by atoms with Crippen molar-refractivity contribution in [3.05, 3.63) is 64.2 Å². The van der Waals surface area contributed by atoms with Gasteiger partial charge in [-0.25, -0.2) is 0 Å². The molecule has 2 aliphatic carbocycles. The van der Waals surface area contributed by atoms with Gasteiger partial charge in [0, 0.05) is 63.3 Å². The predicted octanol–water partition coefficient (Wildman–Crippen LogP) is 5.38. The van der Waals surface area contributed by atoms with Crippen molar-refractivity contribution in [2.45, 2.75) is 58.9 Å². The molecule has 2 rings (SSSR count). The largest absolute Gasteiger partial charge is 0.0312 e. The van der Waals surface area contributed by atoms with Gasteiger partial charge in [-0.1, -0.05) is 58.9 Å². The molecule has 2 fully saturated rings. The summed E-state index contributed by atoms with van der Waals surface area (Å²) in [4.78, 5) is 8.68. The number of hydrogen-bond acceptors (Lipinski definition) is 1. The maximum Gasteiger partial charge on any atom is 0 e. The molecule has 0 amide bonds. The van der Waals surface area contributed by atoms with Crippen LogP contribution in [0.25, 0.3) is 0 Å². The van der Waals surface area contributed by atoms with Crippen molar-refractivity contribution < 1.29 is 41.7 Å². The zero-order chi connectivity index (χ0) is 20.5. The fourth-order valence-corrected chi connectivity index (χ4v) is 0.642. The Morgan fingerprint density at radius 2 is 0.538 bits per heavy atom. The Hall–Kier alpha value is 2.10. The molecule has 0 aromatic heterocycles. The standard InChI is InChI=1S/2C5H5.3C3H9Si.CGeO.Lu/c2*1-2-4-5-3-1;3*1-4(2)3;2-1-3;/h2*1-5H;3*1-3H3;;/q;;;;;-1;. The molecule has 0 bridgehead atoms. The smallest absolute Gasteiger partial charge is 0 e. The van der Waals surface area contributed by atoms with Crippen LogP contribution in [0.4, 0.5) is 0 Å². The summed E-state index contributed by atoms with van der Waals surface area (Å²) in [7, 11) is 0.361. The average molecular weight is 625 g/mol. The number of rotatable bonds is 0. The Bertz CT molecular complexity index is 163. The molecular formula is C20H37GeLuOSi3-. The topological polar surface area (TPSA) is 17.1 Å². The Morgan fingerprint density at radius 1 is 0.500 bits per heavy atom. The maximum atomic E-state index is 8.68. The van der Waals surface area contributed by atoms with Crippen molar-refractivity contribution in [2.75, 3.05) is 0 Å². The van der Waals surface area contributed by atoms with E-state index in [9.17, 15) is 0 Å². The van der Waals surface area contributed by atoms with Crippen molar-refractivity contribution in [1.82, 2.24) is 0 Å². The molecule has 0 spiro atoms. The van der Waals surface area contributed by atoms with Crippen LogP contribution in [0.5, 0.6) is 0 Å². The van der Waals surface area contributed by atoms with Crippen molar-refractivity contribution in [3.8, 4) is 0 Å². The molecule has 0 atom stereocenters. The van der Waals surface area contributed by atoms with Gasteiger partial charge in [-0.2, -0.15) is 0 Å². The SMILES string of the molecule is C[Si](C)C.C[Si](C)C.C[Si](C)C.O=[C-][Ge].[CH]1[CH][CH][CH][CH]1.[CH]1[CH][CH][CH][CH]1.[Lu]. The first-order valence-electron chi connectivity index (χ1n) is 8.29. The molecule has 0 heterocycles. The third kappa shape index (κ3) is 112. The summed E-state index contributed by atoms with van der Waals surface area (Å²) < 4.78 is 0. The minimum Gasteiger partial charge on any atom is -0.0312 e. The molecule has 0 unspecified atom stereocenters. The zero-order valence-electron chi connectivity index (χ0n) is 17.9. The third-order valence-electron chi connectivity index (χ3n) is 1.11. The molecule has 2 saturated carbocycles. The van der Waals surface area contributed by atoms with Crippen LogP contribution < -0.4 is 0 Å². The van der Waals surface area contributed by atoms with Crippen LogP contribution in [-0.4, -0.2) is 48.0 Å². The van der Waals surface area contributed by atoms with Crippen LogP contribution in [0.15, 0.2) is 0 Å². The molecular weight excluding hydrogens is 588 g/mol. The Labute approximate surface area is 210 Å². The minimum atomic E-state index is 0. The van der Waals surface area contributed by atoms with Crippen LogP contribution in [0.2, 0.25) is 58.9 Å². The Kier molecular flexibility index (Phi) is 56.2. The minimum absolute atomic E-state index is 0. The molecule has 1 nitrogen and oxygen atoms in total. The van der Waals surface area contributed by atoms with Gasteiger partial charge in [0.1, 0.15) is 0 Å². The van der Waals surface area contributed by atoms with Gasteiger partial charge in [-0.15, -0.1) is 0 Å². The molecule has 0 aromatic carbocycles. The molecule has 26 heavy (non-hydrogen) atoms. The van der Waals surface area contributed by atoms with E-state index in [1.165, 1.54) is 21.6 Å². The molecule has 17 radical (unpaired) electrons. The van der Waals surface area contributed by atoms with Crippen LogP contribution in [0, 0.1) is 101 Å². The molecule has 0 N–H and O–H groups in total. The van der Waals surface area contributed by atoms with Crippen LogP contribution in [-0.2, 0) is 4.79 Å². The summed E-state index contributed by atoms with van der Waals surface area (Å²) in [5.74, 6) is 0. The summed E-state index contributed by atoms with van der Waals surface area (Å²) in [6.07, 6.45) is 20.0. The Morgan fingerprint density at radius 3 is 0.577 bits per heavy atom. The van der Waals surface area contributed by atoms with Crippen LogP contribution >= 0.6 is 0 Å². The third-order valence-corrected chi connectivity index (χ3v) is 1.11. The van der Waals surface area contributed by atoms with E-state index >= 15 is 0 Å². The van der Waals surface area contributed by atoms with Gasteiger partial charge >= 0.3 is 26.4 Å². The summed E-state index contributed by atoms with van der Waals surface area (Å²) in [6.45, 7) is 20.4. The first kappa shape index (κ1) is 38.7. The van der Waals surface area contributed by atoms with Crippen molar-refractivity contribution in [1.29, 1.82) is 0 Å². The van der Waals surface area contributed by atoms with E-state index in [2.05, 4.69) is 58.9 Å². The fraction of sp³-hybridized carbons (Fsp3) is 0.450. The van der Waals surface area contributed by atoms with Gasteiger partial charge < -0.3 is 0 Å². The number of hydrogen-bond donors (Lipinski definition) is 0. The van der Waals surface area contributed by atoms with E-state index in [4.69, 9.17) is 4.79 Å². The van der Waals surface area contributed by atoms with Crippen molar-refractivity contribution in [2.24, 2.45) is 0 Å². The summed E-state index contributed by atoms with van der Waals surface area (Å²) >= 11 is 1.32. The molecule has 2 aliphatic rings. The summed E-state index contributed by atoms with van der Waals surface area (Å²) in [6, 6.07) is 0. The second kappa shape index (κ2) is 37.8. The van der Waals surface area contributed by atoms with Gasteiger partial charge in [0.05, 0.1) is 0 Å². The van der Waals surface area contributed by atoms with E-state index in [0.29, 0.717) is 0 Å². The summed E-state index contributed by atoms with van der Waals surface area (Å²) in [5.41, 5.74) is 0. The molecule has 155 valence electrons. The van der Waals surface area contributed by atoms with E-state index in [1.54, 1.807) is 0 Å². The van der Waals surface area contributed by atoms with Gasteiger partial charge in [0.2, 0.25) is 0 Å². The van der Waals surface area contributed by atoms with Crippen molar-refractivity contribution in [3.63, 3.8) is 0 Å². The average Bonchev–Trinajstić information content (AvgIpc) is 3.17. The predicted molar refractivity (Wildman–Crippen MR) is 124 cm³/mol. The molecule has 0 aliphatic heterocycles. The molecule has 6 heteroatoms. The first-order valence-corrected chi connectivity index (χ1v) is 18.3. The quantitative estimate of drug-likeness (QED) is 0.261. The van der Waals surface area contributed by atoms with E-state index in [0.717, 1.165) is 0 Å². The van der Waals surface area contributed by atoms with Gasteiger partial charge in [-0.3, -0.25) is 0 Å². The second-order valence-electron chi connectivity index (χ2n) is 6.53. The van der Waals surface area contributed by atoms with E-state index in [-0.39, 0.29) is 63.3 Å². The van der Waals surface area contributed by atoms with E-state index < -0.39 is 0 Å². The van der Waals surface area contributed by atoms with Crippen molar-refractivity contribution >= 4 is 48.0 Å². The maximum absolute atomic E-state index is 8.68. The van der Waals surface area contributed by atoms with E-state index in [1.807, 2.05) is 64.2 Å². The Balaban J connectivity index is -0.0000000681. The van der Waals surface area contributed by atoms with Gasteiger partial charge in [0.15, 0.2) is 0 Å².